The second-order valence-electron chi connectivity index (χ2n) is 5.81. The molecule has 0 saturated carbocycles. The van der Waals surface area contributed by atoms with Crippen molar-refractivity contribution in [1.29, 1.82) is 0 Å². The molecule has 10 heteroatoms. The first-order valence-corrected chi connectivity index (χ1v) is 8.18. The summed E-state index contributed by atoms with van der Waals surface area (Å²) in [6.07, 6.45) is 5.98. The monoisotopic (exact) mass is 369 g/mol. The Morgan fingerprint density at radius 2 is 2.26 bits per heavy atom. The minimum atomic E-state index is -0.555. The highest BCUT2D eigenvalue weighted by atomic mass is 16.5. The summed E-state index contributed by atoms with van der Waals surface area (Å²) in [5.74, 6) is 0.854. The van der Waals surface area contributed by atoms with E-state index in [9.17, 15) is 9.59 Å². The van der Waals surface area contributed by atoms with Crippen molar-refractivity contribution in [3.63, 3.8) is 0 Å². The summed E-state index contributed by atoms with van der Waals surface area (Å²) in [5, 5.41) is 10.1. The summed E-state index contributed by atoms with van der Waals surface area (Å²) in [5.41, 5.74) is 0.495. The topological polar surface area (TPSA) is 129 Å². The van der Waals surface area contributed by atoms with E-state index in [0.717, 1.165) is 0 Å². The zero-order valence-electron chi connectivity index (χ0n) is 14.3. The van der Waals surface area contributed by atoms with Crippen molar-refractivity contribution in [3.8, 4) is 22.8 Å². The van der Waals surface area contributed by atoms with Gasteiger partial charge in [-0.3, -0.25) is 4.79 Å². The Morgan fingerprint density at radius 3 is 3.04 bits per heavy atom. The van der Waals surface area contributed by atoms with Gasteiger partial charge in [0, 0.05) is 25.4 Å². The SMILES string of the molecule is COC(=O)c1cn(CCCc2nc(-c3ccco3)no2)cc2c(=O)[nH]nc1-2. The quantitative estimate of drug-likeness (QED) is 0.509. The van der Waals surface area contributed by atoms with Gasteiger partial charge in [-0.2, -0.15) is 10.1 Å². The summed E-state index contributed by atoms with van der Waals surface area (Å²) in [6, 6.07) is 3.50. The maximum Gasteiger partial charge on any atom is 0.341 e. The van der Waals surface area contributed by atoms with Crippen LogP contribution in [0, 0.1) is 0 Å². The number of methoxy groups -OCH3 is 1. The molecule has 0 fully saturated rings. The van der Waals surface area contributed by atoms with E-state index >= 15 is 0 Å². The summed E-state index contributed by atoms with van der Waals surface area (Å²) >= 11 is 0. The van der Waals surface area contributed by atoms with E-state index in [1.54, 1.807) is 29.1 Å². The maximum absolute atomic E-state index is 12.0. The first kappa shape index (κ1) is 16.8. The number of H-pyrrole nitrogens is 1. The molecule has 2 aromatic rings. The third kappa shape index (κ3) is 3.24. The normalized spacial score (nSPS) is 11.1. The Hall–Kier alpha value is -3.69. The molecule has 0 bridgehead atoms. The number of nitrogens with one attached hydrogen (secondary N) is 1. The number of hydrogen-bond acceptors (Lipinski definition) is 8. The molecule has 4 rings (SSSR count). The van der Waals surface area contributed by atoms with Crippen molar-refractivity contribution in [3.05, 3.63) is 52.6 Å². The van der Waals surface area contributed by atoms with E-state index in [4.69, 9.17) is 13.7 Å². The molecular weight excluding hydrogens is 354 g/mol. The number of carbonyl (C=O) groups excluding carboxylic acids is 1. The van der Waals surface area contributed by atoms with Gasteiger partial charge in [-0.15, -0.1) is 0 Å². The van der Waals surface area contributed by atoms with Gasteiger partial charge in [0.15, 0.2) is 5.76 Å². The molecule has 0 aliphatic carbocycles. The van der Waals surface area contributed by atoms with E-state index < -0.39 is 5.97 Å². The first-order chi connectivity index (χ1) is 13.2. The van der Waals surface area contributed by atoms with Crippen LogP contribution in [0.5, 0.6) is 0 Å². The first-order valence-electron chi connectivity index (χ1n) is 8.18. The molecule has 0 amide bonds. The fourth-order valence-electron chi connectivity index (χ4n) is 2.75. The largest absolute Gasteiger partial charge is 0.465 e. The van der Waals surface area contributed by atoms with Gasteiger partial charge in [-0.05, 0) is 18.6 Å². The summed E-state index contributed by atoms with van der Waals surface area (Å²) in [7, 11) is 1.28. The molecule has 0 radical (unpaired) electrons. The number of aromatic amines is 1. The van der Waals surface area contributed by atoms with E-state index in [1.807, 2.05) is 0 Å². The van der Waals surface area contributed by atoms with E-state index in [-0.39, 0.29) is 11.1 Å². The van der Waals surface area contributed by atoms with Crippen LogP contribution in [0.3, 0.4) is 0 Å². The lowest BCUT2D eigenvalue weighted by atomic mass is 10.1. The average Bonchev–Trinajstić information content (AvgIpc) is 3.42. The smallest absolute Gasteiger partial charge is 0.341 e. The van der Waals surface area contributed by atoms with Gasteiger partial charge in [-0.25, -0.2) is 9.89 Å². The van der Waals surface area contributed by atoms with E-state index in [0.29, 0.717) is 48.1 Å². The number of furan rings is 1. The van der Waals surface area contributed by atoms with Gasteiger partial charge in [0.2, 0.25) is 11.7 Å². The standard InChI is InChI=1S/C17H15N5O5/c1-25-17(24)11-9-22(8-10-14(11)19-20-16(10)23)6-2-5-13-18-15(21-27-13)12-4-3-7-26-12/h3-4,7-9H,2,5-6H2,1H3,(H,20,23). The molecule has 2 aliphatic heterocycles. The lowest BCUT2D eigenvalue weighted by molar-refractivity contribution is 0.0600. The number of hydrogen-bond donors (Lipinski definition) is 1. The third-order valence-electron chi connectivity index (χ3n) is 4.04. The predicted molar refractivity (Wildman–Crippen MR) is 91.1 cm³/mol. The molecule has 0 unspecified atom stereocenters. The number of pyridine rings is 1. The van der Waals surface area contributed by atoms with Gasteiger partial charge in [0.25, 0.3) is 5.56 Å². The molecule has 0 aromatic carbocycles. The summed E-state index contributed by atoms with van der Waals surface area (Å²) < 4.78 is 17.0. The fourth-order valence-corrected chi connectivity index (χ4v) is 2.75. The van der Waals surface area contributed by atoms with Crippen LogP contribution >= 0.6 is 0 Å². The molecule has 1 N–H and O–H groups in total. The van der Waals surface area contributed by atoms with Crippen LogP contribution in [0.25, 0.3) is 22.8 Å². The number of aryl methyl sites for hydroxylation is 2. The highest BCUT2D eigenvalue weighted by Gasteiger charge is 2.21. The van der Waals surface area contributed by atoms with Crippen LogP contribution in [0.1, 0.15) is 22.7 Å². The van der Waals surface area contributed by atoms with Gasteiger partial charge in [0.1, 0.15) is 11.3 Å². The highest BCUT2D eigenvalue weighted by Crippen LogP contribution is 2.21. The van der Waals surface area contributed by atoms with Crippen molar-refractivity contribution >= 4 is 5.97 Å². The lowest BCUT2D eigenvalue weighted by Crippen LogP contribution is -2.12. The van der Waals surface area contributed by atoms with Crippen LogP contribution in [-0.4, -0.2) is 38.0 Å². The number of ether oxygens (including phenoxy) is 1. The van der Waals surface area contributed by atoms with Crippen LogP contribution in [0.15, 0.2) is 44.5 Å². The minimum Gasteiger partial charge on any atom is -0.465 e. The zero-order chi connectivity index (χ0) is 18.8. The second-order valence-corrected chi connectivity index (χ2v) is 5.81. The Balaban J connectivity index is 1.49. The fraction of sp³-hybridized carbons (Fsp3) is 0.235. The van der Waals surface area contributed by atoms with Gasteiger partial charge >= 0.3 is 5.97 Å². The third-order valence-corrected chi connectivity index (χ3v) is 4.04. The van der Waals surface area contributed by atoms with Crippen LogP contribution < -0.4 is 5.56 Å². The van der Waals surface area contributed by atoms with Crippen molar-refractivity contribution in [2.75, 3.05) is 7.11 Å². The molecule has 27 heavy (non-hydrogen) atoms. The van der Waals surface area contributed by atoms with Gasteiger partial charge in [-0.1, -0.05) is 5.16 Å². The molecule has 4 heterocycles. The van der Waals surface area contributed by atoms with Crippen molar-refractivity contribution in [2.24, 2.45) is 0 Å². The number of rotatable bonds is 6. The Morgan fingerprint density at radius 1 is 1.37 bits per heavy atom. The minimum absolute atomic E-state index is 0.228. The van der Waals surface area contributed by atoms with Crippen molar-refractivity contribution in [1.82, 2.24) is 24.9 Å². The summed E-state index contributed by atoms with van der Waals surface area (Å²) in [4.78, 5) is 28.1. The Bertz CT molecular complexity index is 1090. The Labute approximate surface area is 152 Å². The lowest BCUT2D eigenvalue weighted by Gasteiger charge is -2.11. The number of esters is 1. The maximum atomic E-state index is 12.0. The van der Waals surface area contributed by atoms with Crippen LogP contribution in [0.4, 0.5) is 0 Å². The van der Waals surface area contributed by atoms with Gasteiger partial charge in [0.05, 0.1) is 18.9 Å². The molecular formula is C17H15N5O5. The average molecular weight is 369 g/mol. The van der Waals surface area contributed by atoms with Crippen LogP contribution in [0.2, 0.25) is 0 Å². The van der Waals surface area contributed by atoms with Crippen molar-refractivity contribution < 1.29 is 18.5 Å². The predicted octanol–water partition coefficient (Wildman–Crippen LogP) is 1.74. The number of fused-ring (bicyclic) bond motifs is 1. The summed E-state index contributed by atoms with van der Waals surface area (Å²) in [6.45, 7) is 0.531. The number of nitrogens with zero attached hydrogens (tertiary/aromatic N) is 4. The molecule has 0 atom stereocenters. The Kier molecular flexibility index (Phi) is 4.29. The molecule has 2 aliphatic rings. The van der Waals surface area contributed by atoms with E-state index in [1.165, 1.54) is 13.4 Å². The molecule has 2 aromatic heterocycles. The highest BCUT2D eigenvalue weighted by molar-refractivity contribution is 5.95. The van der Waals surface area contributed by atoms with Crippen LogP contribution in [-0.2, 0) is 17.7 Å². The second kappa shape index (κ2) is 6.90. The number of carbonyl (C=O) groups is 1. The molecule has 0 saturated heterocycles. The number of aromatic nitrogens is 5. The van der Waals surface area contributed by atoms with Gasteiger partial charge < -0.3 is 18.2 Å². The van der Waals surface area contributed by atoms with Crippen molar-refractivity contribution in [2.45, 2.75) is 19.4 Å². The zero-order valence-corrected chi connectivity index (χ0v) is 14.3. The molecule has 10 nitrogen and oxygen atoms in total. The molecule has 0 spiro atoms. The molecule has 138 valence electrons. The van der Waals surface area contributed by atoms with E-state index in [2.05, 4.69) is 20.3 Å².